The third-order valence-electron chi connectivity index (χ3n) is 4.52. The zero-order valence-corrected chi connectivity index (χ0v) is 17.8. The van der Waals surface area contributed by atoms with Crippen LogP contribution in [0.3, 0.4) is 0 Å². The predicted molar refractivity (Wildman–Crippen MR) is 122 cm³/mol. The van der Waals surface area contributed by atoms with Crippen LogP contribution in [0.25, 0.3) is 0 Å². The van der Waals surface area contributed by atoms with Gasteiger partial charge in [0.05, 0.1) is 24.0 Å². The van der Waals surface area contributed by atoms with Gasteiger partial charge in [0.1, 0.15) is 11.8 Å². The fourth-order valence-corrected chi connectivity index (χ4v) is 3.26. The van der Waals surface area contributed by atoms with Gasteiger partial charge < -0.3 is 20.7 Å². The third-order valence-corrected chi connectivity index (χ3v) is 4.74. The van der Waals surface area contributed by atoms with Gasteiger partial charge in [-0.1, -0.05) is 54.6 Å². The van der Waals surface area contributed by atoms with E-state index in [1.165, 1.54) is 25.3 Å². The lowest BCUT2D eigenvalue weighted by atomic mass is 10.1. The summed E-state index contributed by atoms with van der Waals surface area (Å²) in [6.07, 6.45) is -4.56. The summed E-state index contributed by atoms with van der Waals surface area (Å²) >= 11 is 5.23. The lowest BCUT2D eigenvalue weighted by Gasteiger charge is -2.22. The average Bonchev–Trinajstić information content (AvgIpc) is 2.78. The monoisotopic (exact) mass is 459 g/mol. The molecule has 0 aliphatic carbocycles. The van der Waals surface area contributed by atoms with Crippen molar-refractivity contribution in [2.75, 3.05) is 17.7 Å². The molecule has 0 aromatic heterocycles. The molecule has 1 amide bonds. The third kappa shape index (κ3) is 5.76. The van der Waals surface area contributed by atoms with Crippen LogP contribution in [-0.4, -0.2) is 18.1 Å². The molecule has 3 aromatic rings. The highest BCUT2D eigenvalue weighted by Gasteiger charge is 2.33. The molecule has 0 saturated heterocycles. The Balaban J connectivity index is 1.83. The highest BCUT2D eigenvalue weighted by atomic mass is 32.1. The van der Waals surface area contributed by atoms with Gasteiger partial charge in [0.15, 0.2) is 5.11 Å². The van der Waals surface area contributed by atoms with Crippen LogP contribution in [0.15, 0.2) is 78.9 Å². The van der Waals surface area contributed by atoms with Crippen LogP contribution < -0.4 is 20.7 Å². The van der Waals surface area contributed by atoms with Crippen molar-refractivity contribution < 1.29 is 22.7 Å². The second-order valence-corrected chi connectivity index (χ2v) is 7.08. The number of alkyl halides is 3. The molecular formula is C23H20F3N3O2S. The number of hydrogen-bond donors (Lipinski definition) is 3. The van der Waals surface area contributed by atoms with Crippen LogP contribution in [0.2, 0.25) is 0 Å². The molecule has 3 N–H and O–H groups in total. The molecule has 5 nitrogen and oxygen atoms in total. The van der Waals surface area contributed by atoms with Gasteiger partial charge in [-0.05, 0) is 42.0 Å². The number of para-hydroxylation sites is 3. The maximum atomic E-state index is 13.3. The van der Waals surface area contributed by atoms with Crippen LogP contribution in [-0.2, 0) is 11.0 Å². The number of thiocarbonyl (C=S) groups is 1. The van der Waals surface area contributed by atoms with Crippen LogP contribution >= 0.6 is 12.2 Å². The van der Waals surface area contributed by atoms with Crippen LogP contribution in [0.4, 0.5) is 24.5 Å². The molecule has 32 heavy (non-hydrogen) atoms. The number of rotatable bonds is 6. The Morgan fingerprint density at radius 1 is 0.875 bits per heavy atom. The molecule has 9 heteroatoms. The number of anilines is 2. The van der Waals surface area contributed by atoms with Crippen LogP contribution in [0, 0.1) is 0 Å². The Morgan fingerprint density at radius 3 is 2.12 bits per heavy atom. The first-order chi connectivity index (χ1) is 15.3. The van der Waals surface area contributed by atoms with Crippen molar-refractivity contribution in [1.82, 2.24) is 5.32 Å². The Hall–Kier alpha value is -3.59. The number of methoxy groups -OCH3 is 1. The summed E-state index contributed by atoms with van der Waals surface area (Å²) in [5, 5.41) is 8.01. The van der Waals surface area contributed by atoms with E-state index in [-0.39, 0.29) is 10.8 Å². The molecule has 3 rings (SSSR count). The van der Waals surface area contributed by atoms with E-state index in [2.05, 4.69) is 16.0 Å². The van der Waals surface area contributed by atoms with E-state index >= 15 is 0 Å². The number of halogens is 3. The van der Waals surface area contributed by atoms with E-state index in [0.29, 0.717) is 17.0 Å². The lowest BCUT2D eigenvalue weighted by Crippen LogP contribution is -2.39. The molecule has 1 atom stereocenters. The number of ether oxygens (including phenoxy) is 1. The summed E-state index contributed by atoms with van der Waals surface area (Å²) in [6.45, 7) is 0. The van der Waals surface area contributed by atoms with E-state index in [1.807, 2.05) is 0 Å². The maximum absolute atomic E-state index is 13.3. The summed E-state index contributed by atoms with van der Waals surface area (Å²) in [4.78, 5) is 13.1. The van der Waals surface area contributed by atoms with Crippen molar-refractivity contribution in [1.29, 1.82) is 0 Å². The molecule has 0 spiro atoms. The van der Waals surface area contributed by atoms with Crippen LogP contribution in [0.1, 0.15) is 17.2 Å². The smallest absolute Gasteiger partial charge is 0.418 e. The summed E-state index contributed by atoms with van der Waals surface area (Å²) in [7, 11) is 1.48. The second kappa shape index (κ2) is 10.1. The van der Waals surface area contributed by atoms with Crippen molar-refractivity contribution in [2.45, 2.75) is 12.2 Å². The highest BCUT2D eigenvalue weighted by Crippen LogP contribution is 2.34. The van der Waals surface area contributed by atoms with Gasteiger partial charge >= 0.3 is 6.18 Å². The minimum atomic E-state index is -4.56. The summed E-state index contributed by atoms with van der Waals surface area (Å²) < 4.78 is 45.1. The second-order valence-electron chi connectivity index (χ2n) is 6.68. The number of amides is 1. The molecule has 0 aliphatic heterocycles. The van der Waals surface area contributed by atoms with Gasteiger partial charge in [0.2, 0.25) is 0 Å². The van der Waals surface area contributed by atoms with E-state index in [9.17, 15) is 18.0 Å². The van der Waals surface area contributed by atoms with E-state index in [4.69, 9.17) is 17.0 Å². The molecule has 0 heterocycles. The Bertz CT molecular complexity index is 1090. The van der Waals surface area contributed by atoms with Gasteiger partial charge in [-0.15, -0.1) is 0 Å². The molecular weight excluding hydrogens is 439 g/mol. The first-order valence-corrected chi connectivity index (χ1v) is 9.93. The van der Waals surface area contributed by atoms with Crippen molar-refractivity contribution in [3.8, 4) is 5.75 Å². The number of hydrogen-bond acceptors (Lipinski definition) is 3. The van der Waals surface area contributed by atoms with Gasteiger partial charge in [0.25, 0.3) is 5.91 Å². The first kappa shape index (κ1) is 23.1. The standard InChI is InChI=1S/C23H20F3N3O2S/c1-31-19-14-8-7-13-18(19)27-21(30)20(15-9-3-2-4-10-15)29-22(32)28-17-12-6-5-11-16(17)23(24,25)26/h2-14,20H,1H3,(H,27,30)(H2,28,29,32). The van der Waals surface area contributed by atoms with Crippen molar-refractivity contribution >= 4 is 34.6 Å². The fraction of sp³-hybridized carbons (Fsp3) is 0.130. The van der Waals surface area contributed by atoms with E-state index in [1.54, 1.807) is 54.6 Å². The molecule has 0 saturated carbocycles. The Morgan fingerprint density at radius 2 is 1.47 bits per heavy atom. The summed E-state index contributed by atoms with van der Waals surface area (Å²) in [5.74, 6) is 0.00132. The minimum absolute atomic E-state index is 0.134. The van der Waals surface area contributed by atoms with Crippen molar-refractivity contribution in [2.24, 2.45) is 0 Å². The fourth-order valence-electron chi connectivity index (χ4n) is 3.03. The molecule has 1 unspecified atom stereocenters. The van der Waals surface area contributed by atoms with E-state index < -0.39 is 23.7 Å². The zero-order chi connectivity index (χ0) is 23.1. The topological polar surface area (TPSA) is 62.4 Å². The zero-order valence-electron chi connectivity index (χ0n) is 16.9. The lowest BCUT2D eigenvalue weighted by molar-refractivity contribution is -0.136. The van der Waals surface area contributed by atoms with Gasteiger partial charge in [-0.2, -0.15) is 13.2 Å². The largest absolute Gasteiger partial charge is 0.495 e. The molecule has 3 aromatic carbocycles. The van der Waals surface area contributed by atoms with Gasteiger partial charge in [0, 0.05) is 0 Å². The van der Waals surface area contributed by atoms with E-state index in [0.717, 1.165) is 6.07 Å². The Kier molecular flexibility index (Phi) is 7.32. The number of benzene rings is 3. The molecule has 166 valence electrons. The van der Waals surface area contributed by atoms with Crippen LogP contribution in [0.5, 0.6) is 5.75 Å². The van der Waals surface area contributed by atoms with Gasteiger partial charge in [-0.25, -0.2) is 0 Å². The quantitative estimate of drug-likeness (QED) is 0.432. The van der Waals surface area contributed by atoms with Crippen molar-refractivity contribution in [3.63, 3.8) is 0 Å². The summed E-state index contributed by atoms with van der Waals surface area (Å²) in [5.41, 5.74) is -0.0505. The maximum Gasteiger partial charge on any atom is 0.418 e. The molecule has 0 bridgehead atoms. The number of carbonyl (C=O) groups is 1. The molecule has 0 fully saturated rings. The first-order valence-electron chi connectivity index (χ1n) is 9.52. The summed E-state index contributed by atoms with van der Waals surface area (Å²) in [6, 6.07) is 19.6. The van der Waals surface area contributed by atoms with Crippen molar-refractivity contribution in [3.05, 3.63) is 90.0 Å². The van der Waals surface area contributed by atoms with Gasteiger partial charge in [-0.3, -0.25) is 4.79 Å². The highest BCUT2D eigenvalue weighted by molar-refractivity contribution is 7.80. The molecule has 0 radical (unpaired) electrons. The molecule has 0 aliphatic rings. The number of nitrogens with one attached hydrogen (secondary N) is 3. The minimum Gasteiger partial charge on any atom is -0.495 e. The average molecular weight is 459 g/mol. The predicted octanol–water partition coefficient (Wildman–Crippen LogP) is 5.38. The normalized spacial score (nSPS) is 11.9. The number of carbonyl (C=O) groups excluding carboxylic acids is 1. The Labute approximate surface area is 188 Å². The SMILES string of the molecule is COc1ccccc1NC(=O)C(NC(=S)Nc1ccccc1C(F)(F)F)c1ccccc1.